The van der Waals surface area contributed by atoms with E-state index < -0.39 is 0 Å². The van der Waals surface area contributed by atoms with Crippen LogP contribution in [0.1, 0.15) is 0 Å². The molecule has 7 aromatic carbocycles. The van der Waals surface area contributed by atoms with Gasteiger partial charge in [-0.05, 0) is 74.0 Å². The fourth-order valence-electron chi connectivity index (χ4n) is 7.20. The van der Waals surface area contributed by atoms with E-state index in [-0.39, 0.29) is 42.1 Å². The molecule has 14 heteroatoms. The molecule has 0 saturated carbocycles. The number of benzene rings is 7. The summed E-state index contributed by atoms with van der Waals surface area (Å²) in [7, 11) is 4.03. The van der Waals surface area contributed by atoms with Crippen molar-refractivity contribution in [3.05, 3.63) is 255 Å². The average Bonchev–Trinajstić information content (AvgIpc) is 3.94. The van der Waals surface area contributed by atoms with E-state index in [0.717, 1.165) is 45.8 Å². The Balaban J connectivity index is 0.000000183. The van der Waals surface area contributed by atoms with Gasteiger partial charge in [-0.3, -0.25) is 0 Å². The predicted molar refractivity (Wildman–Crippen MR) is 283 cm³/mol. The molecule has 11 rings (SSSR count). The Morgan fingerprint density at radius 3 is 1.32 bits per heavy atom. The molecule has 0 saturated heterocycles. The van der Waals surface area contributed by atoms with Gasteiger partial charge in [0.15, 0.2) is 0 Å². The van der Waals surface area contributed by atoms with E-state index in [1.165, 1.54) is 12.7 Å². The fraction of sp³-hybridized carbons (Fsp3) is 0.0345. The summed E-state index contributed by atoms with van der Waals surface area (Å²) in [5, 5.41) is 8.95. The van der Waals surface area contributed by atoms with Gasteiger partial charge in [-0.2, -0.15) is 74.0 Å². The van der Waals surface area contributed by atoms with Crippen molar-refractivity contribution >= 4 is 69.8 Å². The van der Waals surface area contributed by atoms with Crippen molar-refractivity contribution < 1.29 is 51.6 Å². The summed E-state index contributed by atoms with van der Waals surface area (Å²) in [6.07, 6.45) is 6.67. The molecule has 0 fully saturated rings. The Bertz CT molecular complexity index is 2930. The maximum Gasteiger partial charge on any atom is 0.131 e. The van der Waals surface area contributed by atoms with Gasteiger partial charge < -0.3 is 49.7 Å². The zero-order valence-corrected chi connectivity index (χ0v) is 43.6. The molecule has 0 unspecified atom stereocenters. The molecule has 0 amide bonds. The van der Waals surface area contributed by atoms with E-state index in [4.69, 9.17) is 9.47 Å². The number of fused-ring (bicyclic) bond motifs is 2. The molecule has 4 heterocycles. The van der Waals surface area contributed by atoms with Crippen LogP contribution in [-0.2, 0) is 42.1 Å². The van der Waals surface area contributed by atoms with Gasteiger partial charge in [-0.25, -0.2) is 9.97 Å². The summed E-state index contributed by atoms with van der Waals surface area (Å²) in [5.74, 6) is 4.35. The number of ether oxygens (including phenoxy) is 2. The molecule has 0 spiro atoms. The minimum Gasteiger partial charge on any atom is -0.502 e. The first-order valence-corrected chi connectivity index (χ1v) is 22.3. The van der Waals surface area contributed by atoms with Crippen molar-refractivity contribution in [1.82, 2.24) is 9.97 Å². The zero-order valence-electron chi connectivity index (χ0n) is 39.0. The summed E-state index contributed by atoms with van der Waals surface area (Å²) >= 11 is 0. The third-order valence-corrected chi connectivity index (χ3v) is 10.5. The second-order valence-electron chi connectivity index (χ2n) is 15.4. The van der Waals surface area contributed by atoms with Crippen molar-refractivity contribution in [2.24, 2.45) is 9.98 Å². The van der Waals surface area contributed by atoms with Gasteiger partial charge in [0.1, 0.15) is 34.6 Å². The smallest absolute Gasteiger partial charge is 0.131 e. The van der Waals surface area contributed by atoms with Crippen molar-refractivity contribution in [3.8, 4) is 23.0 Å². The van der Waals surface area contributed by atoms with E-state index >= 15 is 0 Å². The van der Waals surface area contributed by atoms with Gasteiger partial charge in [0.25, 0.3) is 0 Å². The van der Waals surface area contributed by atoms with E-state index in [2.05, 4.69) is 64.7 Å². The van der Waals surface area contributed by atoms with Crippen molar-refractivity contribution in [2.45, 2.75) is 0 Å². The summed E-state index contributed by atoms with van der Waals surface area (Å²) in [6, 6.07) is 72.0. The maximum atomic E-state index is 6.15. The number of nitrogens with zero attached hydrogens (tertiary/aromatic N) is 10. The number of para-hydroxylation sites is 8. The van der Waals surface area contributed by atoms with Crippen LogP contribution in [0.25, 0.3) is 10.6 Å². The Kier molecular flexibility index (Phi) is 18.9. The molecular weight excluding hydrogens is 1260 g/mol. The molecule has 2 aromatic heterocycles. The summed E-state index contributed by atoms with van der Waals surface area (Å²) in [6.45, 7) is 4.03. The van der Waals surface area contributed by atoms with Crippen LogP contribution in [-0.4, -0.2) is 36.7 Å². The topological polar surface area (TPSA) is 110 Å². The number of anilines is 6. The van der Waals surface area contributed by atoms with Crippen LogP contribution in [0, 0.1) is 25.5 Å². The minimum absolute atomic E-state index is 0. The number of pyridine rings is 2. The minimum atomic E-state index is 0. The molecule has 0 radical (unpaired) electrons. The normalized spacial score (nSPS) is 12.0. The first kappa shape index (κ1) is 51.8. The van der Waals surface area contributed by atoms with Gasteiger partial charge in [0.05, 0.1) is 0 Å². The summed E-state index contributed by atoms with van der Waals surface area (Å²) in [4.78, 5) is 25.7. The standard InChI is InChI=1S/C32H24N4O2.2C13H11N3.2Pt/c1-3-12-25(13-4-1)33-23-35-29-18-7-9-20-31(29)37-27-16-11-17-28(22-27)38-32-21-10-8-19-30(32)36-24-34-26-14-5-2-6-15-26;2*1-15-10-16(11-6-3-2-4-7-11)13-12(15)8-5-9-14-13;;/h1-24H;2*2-6,8-10H,1H3;;/q3*-2;;. The van der Waals surface area contributed by atoms with E-state index in [1.54, 1.807) is 0 Å². The molecule has 0 atom stereocenters. The van der Waals surface area contributed by atoms with Crippen LogP contribution in [0.5, 0.6) is 23.0 Å². The Hall–Kier alpha value is -8.04. The largest absolute Gasteiger partial charge is 0.502 e. The average molecular weight is 1310 g/mol. The summed E-state index contributed by atoms with van der Waals surface area (Å²) in [5.41, 5.74) is 7.23. The predicted octanol–water partition coefficient (Wildman–Crippen LogP) is 15.2. The number of aromatic nitrogens is 2. The van der Waals surface area contributed by atoms with Crippen LogP contribution < -0.4 is 29.1 Å². The van der Waals surface area contributed by atoms with Gasteiger partial charge in [0.2, 0.25) is 0 Å². The molecule has 0 aliphatic carbocycles. The zero-order chi connectivity index (χ0) is 47.7. The number of hydrogen-bond acceptors (Lipinski definition) is 10. The molecule has 0 N–H and O–H groups in total. The molecule has 72 heavy (non-hydrogen) atoms. The number of rotatable bonds is 12. The Morgan fingerprint density at radius 1 is 0.472 bits per heavy atom. The molecule has 366 valence electrons. The summed E-state index contributed by atoms with van der Waals surface area (Å²) < 4.78 is 12.3. The fourth-order valence-corrected chi connectivity index (χ4v) is 7.20. The van der Waals surface area contributed by atoms with Crippen LogP contribution in [0.4, 0.5) is 57.1 Å². The molecule has 2 aliphatic rings. The van der Waals surface area contributed by atoms with Crippen LogP contribution in [0.2, 0.25) is 0 Å². The quantitative estimate of drug-likeness (QED) is 0.0676. The molecule has 12 nitrogen and oxygen atoms in total. The SMILES string of the molecule is C(=Nc1ccccc1)[N-]c1ccccc1Oc1cccc(Oc2ccccc2[N-]C=Nc2ccccc2)c1.CN1[CH-]N(c2[c-]cccc2)c2ncccc21.CN1[CH-]N(c2[c-]cccc2)c2ncccc21.[Pt].[Pt]. The third-order valence-electron chi connectivity index (χ3n) is 10.5. The van der Waals surface area contributed by atoms with E-state index in [9.17, 15) is 0 Å². The first-order chi connectivity index (χ1) is 34.6. The molecular formula is C58H46N10O2Pt2-6. The van der Waals surface area contributed by atoms with E-state index in [0.29, 0.717) is 34.4 Å². The second-order valence-corrected chi connectivity index (χ2v) is 15.4. The van der Waals surface area contributed by atoms with Crippen LogP contribution in [0.3, 0.4) is 0 Å². The first-order valence-electron chi connectivity index (χ1n) is 22.3. The number of aliphatic imine (C=N–C) groups is 2. The monoisotopic (exact) mass is 1300 g/mol. The second kappa shape index (κ2) is 26.2. The Labute approximate surface area is 449 Å². The maximum absolute atomic E-state index is 6.15. The van der Waals surface area contributed by atoms with Gasteiger partial charge >= 0.3 is 0 Å². The third kappa shape index (κ3) is 13.6. The molecule has 2 aliphatic heterocycles. The molecule has 9 aromatic rings. The van der Waals surface area contributed by atoms with Crippen LogP contribution in [0.15, 0.2) is 229 Å². The van der Waals surface area contributed by atoms with Gasteiger partial charge in [0, 0.05) is 83.3 Å². The van der Waals surface area contributed by atoms with Gasteiger partial charge in [-0.15, -0.1) is 11.4 Å². The molecule has 0 bridgehead atoms. The van der Waals surface area contributed by atoms with Crippen molar-refractivity contribution in [2.75, 3.05) is 33.7 Å². The van der Waals surface area contributed by atoms with Gasteiger partial charge in [-0.1, -0.05) is 116 Å². The number of hydrogen-bond donors (Lipinski definition) is 0. The Morgan fingerprint density at radius 2 is 0.889 bits per heavy atom. The van der Waals surface area contributed by atoms with Crippen LogP contribution >= 0.6 is 0 Å². The van der Waals surface area contributed by atoms with Crippen molar-refractivity contribution in [1.29, 1.82) is 0 Å². The van der Waals surface area contributed by atoms with E-state index in [1.807, 2.05) is 244 Å². The van der Waals surface area contributed by atoms with Crippen molar-refractivity contribution in [3.63, 3.8) is 0 Å².